The van der Waals surface area contributed by atoms with Crippen LogP contribution in [0.4, 0.5) is 10.5 Å². The number of benzene rings is 1. The van der Waals surface area contributed by atoms with E-state index in [-0.39, 0.29) is 17.9 Å². The first-order valence-corrected chi connectivity index (χ1v) is 7.34. The van der Waals surface area contributed by atoms with Crippen LogP contribution in [-0.4, -0.2) is 34.3 Å². The molecule has 5 heteroatoms. The number of nitrogen functional groups attached to an aromatic ring is 1. The first-order valence-electron chi connectivity index (χ1n) is 7.34. The molecule has 1 saturated heterocycles. The van der Waals surface area contributed by atoms with Gasteiger partial charge in [0.2, 0.25) is 0 Å². The molecule has 1 fully saturated rings. The minimum absolute atomic E-state index is 0.0731. The minimum atomic E-state index is -0.492. The number of likely N-dealkylation sites (tertiary alicyclic amines) is 1. The van der Waals surface area contributed by atoms with Gasteiger partial charge in [-0.1, -0.05) is 12.1 Å². The highest BCUT2D eigenvalue weighted by atomic mass is 16.6. The van der Waals surface area contributed by atoms with Gasteiger partial charge in [0.05, 0.1) is 5.69 Å². The number of hydrogen-bond acceptors (Lipinski definition) is 4. The highest BCUT2D eigenvalue weighted by molar-refractivity contribution is 5.69. The van der Waals surface area contributed by atoms with Gasteiger partial charge in [-0.05, 0) is 51.7 Å². The Labute approximate surface area is 125 Å². The molecule has 0 spiro atoms. The molecule has 0 bridgehead atoms. The number of hydrogen-bond donors (Lipinski definition) is 2. The molecule has 0 radical (unpaired) electrons. The van der Waals surface area contributed by atoms with E-state index < -0.39 is 5.60 Å². The predicted octanol–water partition coefficient (Wildman–Crippen LogP) is 2.92. The maximum absolute atomic E-state index is 12.2. The molecule has 1 atom stereocenters. The number of ether oxygens (including phenoxy) is 1. The van der Waals surface area contributed by atoms with Gasteiger partial charge in [-0.15, -0.1) is 0 Å². The average molecular weight is 292 g/mol. The molecule has 1 aromatic carbocycles. The highest BCUT2D eigenvalue weighted by Gasteiger charge is 2.32. The van der Waals surface area contributed by atoms with Crippen molar-refractivity contribution in [2.24, 2.45) is 0 Å². The van der Waals surface area contributed by atoms with Crippen LogP contribution in [0.15, 0.2) is 18.2 Å². The number of anilines is 1. The Morgan fingerprint density at radius 3 is 2.86 bits per heavy atom. The number of nitrogens with two attached hydrogens (primary N) is 1. The van der Waals surface area contributed by atoms with Gasteiger partial charge in [-0.25, -0.2) is 4.79 Å². The zero-order valence-electron chi connectivity index (χ0n) is 12.9. The molecule has 0 aliphatic carbocycles. The van der Waals surface area contributed by atoms with Crippen LogP contribution >= 0.6 is 0 Å². The van der Waals surface area contributed by atoms with Crippen molar-refractivity contribution in [3.63, 3.8) is 0 Å². The summed E-state index contributed by atoms with van der Waals surface area (Å²) in [6.07, 6.45) is 2.25. The standard InChI is InChI=1S/C16H24N2O3/c1-16(2,3)21-15(20)18-9-5-7-12(18)10-11-6-4-8-13(19)14(11)17/h4,6,8,12,19H,5,7,9-10,17H2,1-3H3. The molecule has 1 amide bonds. The SMILES string of the molecule is CC(C)(C)OC(=O)N1CCCC1Cc1cccc(O)c1N. The van der Waals surface area contributed by atoms with E-state index in [1.165, 1.54) is 0 Å². The molecular weight excluding hydrogens is 268 g/mol. The summed E-state index contributed by atoms with van der Waals surface area (Å²) in [7, 11) is 0. The van der Waals surface area contributed by atoms with Crippen LogP contribution in [0.25, 0.3) is 0 Å². The Morgan fingerprint density at radius 1 is 1.48 bits per heavy atom. The van der Waals surface area contributed by atoms with Gasteiger partial charge in [0.1, 0.15) is 11.4 Å². The Balaban J connectivity index is 2.09. The quantitative estimate of drug-likeness (QED) is 0.649. The lowest BCUT2D eigenvalue weighted by Crippen LogP contribution is -2.40. The summed E-state index contributed by atoms with van der Waals surface area (Å²) in [5.74, 6) is 0.0920. The maximum Gasteiger partial charge on any atom is 0.410 e. The summed E-state index contributed by atoms with van der Waals surface area (Å²) in [6, 6.07) is 5.30. The molecule has 3 N–H and O–H groups in total. The molecule has 1 aliphatic heterocycles. The fourth-order valence-corrected chi connectivity index (χ4v) is 2.64. The zero-order valence-corrected chi connectivity index (χ0v) is 12.9. The maximum atomic E-state index is 12.2. The van der Waals surface area contributed by atoms with Gasteiger partial charge >= 0.3 is 6.09 Å². The second kappa shape index (κ2) is 5.84. The monoisotopic (exact) mass is 292 g/mol. The van der Waals surface area contributed by atoms with Crippen molar-refractivity contribution in [3.05, 3.63) is 23.8 Å². The summed E-state index contributed by atoms with van der Waals surface area (Å²) >= 11 is 0. The average Bonchev–Trinajstić information content (AvgIpc) is 2.81. The van der Waals surface area contributed by atoms with E-state index in [0.717, 1.165) is 18.4 Å². The van der Waals surface area contributed by atoms with Crippen molar-refractivity contribution in [2.75, 3.05) is 12.3 Å². The van der Waals surface area contributed by atoms with Gasteiger partial charge in [0.15, 0.2) is 0 Å². The van der Waals surface area contributed by atoms with Crippen molar-refractivity contribution in [3.8, 4) is 5.75 Å². The third kappa shape index (κ3) is 3.80. The van der Waals surface area contributed by atoms with E-state index in [4.69, 9.17) is 10.5 Å². The normalized spacial score (nSPS) is 18.8. The number of amides is 1. The van der Waals surface area contributed by atoms with Crippen LogP contribution in [0.1, 0.15) is 39.2 Å². The number of nitrogens with zero attached hydrogens (tertiary/aromatic N) is 1. The topological polar surface area (TPSA) is 75.8 Å². The molecule has 1 aliphatic rings. The van der Waals surface area contributed by atoms with Crippen LogP contribution in [0, 0.1) is 0 Å². The van der Waals surface area contributed by atoms with Gasteiger partial charge < -0.3 is 20.5 Å². The van der Waals surface area contributed by atoms with Crippen molar-refractivity contribution >= 4 is 11.8 Å². The fraction of sp³-hybridized carbons (Fsp3) is 0.562. The third-order valence-corrected chi connectivity index (χ3v) is 3.63. The summed E-state index contributed by atoms with van der Waals surface area (Å²) in [4.78, 5) is 14.0. The van der Waals surface area contributed by atoms with Gasteiger partial charge in [0.25, 0.3) is 0 Å². The summed E-state index contributed by atoms with van der Waals surface area (Å²) in [5.41, 5.74) is 6.68. The van der Waals surface area contributed by atoms with E-state index in [1.807, 2.05) is 26.8 Å². The Kier molecular flexibility index (Phi) is 4.30. The van der Waals surface area contributed by atoms with E-state index in [9.17, 15) is 9.90 Å². The Bertz CT molecular complexity index is 523. The molecule has 0 aromatic heterocycles. The van der Waals surface area contributed by atoms with Crippen LogP contribution in [0.3, 0.4) is 0 Å². The molecule has 1 aromatic rings. The number of phenolic OH excluding ortho intramolecular Hbond substituents is 1. The summed E-state index contributed by atoms with van der Waals surface area (Å²) in [6.45, 7) is 6.30. The molecule has 2 rings (SSSR count). The molecule has 21 heavy (non-hydrogen) atoms. The molecule has 1 heterocycles. The first kappa shape index (κ1) is 15.5. The lowest BCUT2D eigenvalue weighted by molar-refractivity contribution is 0.0227. The first-order chi connectivity index (χ1) is 9.78. The van der Waals surface area contributed by atoms with Crippen LogP contribution in [-0.2, 0) is 11.2 Å². The van der Waals surface area contributed by atoms with Gasteiger partial charge in [0, 0.05) is 12.6 Å². The summed E-state index contributed by atoms with van der Waals surface area (Å²) in [5, 5.41) is 9.67. The van der Waals surface area contributed by atoms with E-state index >= 15 is 0 Å². The van der Waals surface area contributed by atoms with Crippen molar-refractivity contribution in [1.29, 1.82) is 0 Å². The molecule has 0 saturated carbocycles. The zero-order chi connectivity index (χ0) is 15.6. The lowest BCUT2D eigenvalue weighted by atomic mass is 10.0. The summed E-state index contributed by atoms with van der Waals surface area (Å²) < 4.78 is 5.45. The largest absolute Gasteiger partial charge is 0.506 e. The van der Waals surface area contributed by atoms with Crippen LogP contribution in [0.5, 0.6) is 5.75 Å². The molecule has 116 valence electrons. The van der Waals surface area contributed by atoms with Crippen molar-refractivity contribution < 1.29 is 14.6 Å². The van der Waals surface area contributed by atoms with E-state index in [2.05, 4.69) is 0 Å². The number of carbonyl (C=O) groups excluding carboxylic acids is 1. The number of phenols is 1. The second-order valence-corrected chi connectivity index (χ2v) is 6.52. The minimum Gasteiger partial charge on any atom is -0.506 e. The number of aromatic hydroxyl groups is 1. The number of para-hydroxylation sites is 1. The van der Waals surface area contributed by atoms with Crippen LogP contribution < -0.4 is 5.73 Å². The van der Waals surface area contributed by atoms with Crippen molar-refractivity contribution in [1.82, 2.24) is 4.90 Å². The number of carbonyl (C=O) groups is 1. The smallest absolute Gasteiger partial charge is 0.410 e. The highest BCUT2D eigenvalue weighted by Crippen LogP contribution is 2.29. The lowest BCUT2D eigenvalue weighted by Gasteiger charge is -2.29. The fourth-order valence-electron chi connectivity index (χ4n) is 2.64. The van der Waals surface area contributed by atoms with Gasteiger partial charge in [-0.2, -0.15) is 0 Å². The second-order valence-electron chi connectivity index (χ2n) is 6.52. The molecular formula is C16H24N2O3. The Morgan fingerprint density at radius 2 is 2.19 bits per heavy atom. The van der Waals surface area contributed by atoms with E-state index in [1.54, 1.807) is 17.0 Å². The molecule has 1 unspecified atom stereocenters. The predicted molar refractivity (Wildman–Crippen MR) is 82.2 cm³/mol. The van der Waals surface area contributed by atoms with E-state index in [0.29, 0.717) is 18.7 Å². The number of rotatable bonds is 2. The molecule has 5 nitrogen and oxygen atoms in total. The van der Waals surface area contributed by atoms with Crippen LogP contribution in [0.2, 0.25) is 0 Å². The van der Waals surface area contributed by atoms with Gasteiger partial charge in [-0.3, -0.25) is 0 Å². The third-order valence-electron chi connectivity index (χ3n) is 3.63. The van der Waals surface area contributed by atoms with Crippen molar-refractivity contribution in [2.45, 2.75) is 51.7 Å². The Hall–Kier alpha value is -1.91.